The Morgan fingerprint density at radius 2 is 1.75 bits per heavy atom. The van der Waals surface area contributed by atoms with E-state index in [1.54, 1.807) is 12.4 Å². The summed E-state index contributed by atoms with van der Waals surface area (Å²) >= 11 is 0. The average molecular weight is 316 g/mol. The molecule has 0 radical (unpaired) electrons. The van der Waals surface area contributed by atoms with Crippen LogP contribution < -0.4 is 0 Å². The minimum Gasteiger partial charge on any atom is -0.389 e. The molecule has 0 saturated heterocycles. The summed E-state index contributed by atoms with van der Waals surface area (Å²) in [5, 5.41) is 22.3. The fraction of sp³-hybridized carbons (Fsp3) is 0.200. The predicted octanol–water partition coefficient (Wildman–Crippen LogP) is 2.81. The van der Waals surface area contributed by atoms with E-state index in [2.05, 4.69) is 9.97 Å². The third kappa shape index (κ3) is 1.75. The van der Waals surface area contributed by atoms with Gasteiger partial charge in [0.05, 0.1) is 17.3 Å². The van der Waals surface area contributed by atoms with E-state index in [-0.39, 0.29) is 11.8 Å². The molecule has 0 fully saturated rings. The molecule has 4 nitrogen and oxygen atoms in total. The van der Waals surface area contributed by atoms with Crippen LogP contribution in [0.5, 0.6) is 0 Å². The number of fused-ring (bicyclic) bond motifs is 7. The predicted molar refractivity (Wildman–Crippen MR) is 91.3 cm³/mol. The van der Waals surface area contributed by atoms with Crippen molar-refractivity contribution in [2.24, 2.45) is 5.92 Å². The van der Waals surface area contributed by atoms with Crippen molar-refractivity contribution in [3.8, 4) is 0 Å². The minimum absolute atomic E-state index is 0.0989. The van der Waals surface area contributed by atoms with Crippen LogP contribution in [0.25, 0.3) is 17.0 Å². The highest BCUT2D eigenvalue weighted by Gasteiger charge is 2.44. The normalized spacial score (nSPS) is 27.4. The molecule has 4 atom stereocenters. The van der Waals surface area contributed by atoms with Gasteiger partial charge < -0.3 is 10.2 Å². The summed E-state index contributed by atoms with van der Waals surface area (Å²) in [4.78, 5) is 9.17. The van der Waals surface area contributed by atoms with Crippen molar-refractivity contribution in [2.45, 2.75) is 18.1 Å². The molecular formula is C20H16N2O2. The summed E-state index contributed by atoms with van der Waals surface area (Å²) in [6.45, 7) is 0. The van der Waals surface area contributed by atoms with E-state index in [1.165, 1.54) is 0 Å². The van der Waals surface area contributed by atoms with Gasteiger partial charge in [0.25, 0.3) is 0 Å². The van der Waals surface area contributed by atoms with E-state index in [0.717, 1.165) is 33.3 Å². The number of pyridine rings is 2. The van der Waals surface area contributed by atoms with Crippen LogP contribution in [0.1, 0.15) is 34.4 Å². The summed E-state index contributed by atoms with van der Waals surface area (Å²) in [7, 11) is 0. The van der Waals surface area contributed by atoms with Gasteiger partial charge in [0.2, 0.25) is 0 Å². The third-order valence-corrected chi connectivity index (χ3v) is 5.24. The smallest absolute Gasteiger partial charge is 0.106 e. The third-order valence-electron chi connectivity index (χ3n) is 5.24. The molecule has 2 unspecified atom stereocenters. The lowest BCUT2D eigenvalue weighted by Gasteiger charge is -2.40. The van der Waals surface area contributed by atoms with Crippen molar-refractivity contribution in [1.82, 2.24) is 9.97 Å². The van der Waals surface area contributed by atoms with Crippen LogP contribution >= 0.6 is 0 Å². The number of aliphatic hydroxyl groups excluding tert-OH is 2. The van der Waals surface area contributed by atoms with Crippen LogP contribution in [0.2, 0.25) is 0 Å². The second-order valence-corrected chi connectivity index (χ2v) is 6.47. The minimum atomic E-state index is -0.914. The lowest BCUT2D eigenvalue weighted by Crippen LogP contribution is -2.38. The summed E-state index contributed by atoms with van der Waals surface area (Å²) in [6.07, 6.45) is 5.77. The van der Waals surface area contributed by atoms with Gasteiger partial charge in [0, 0.05) is 29.6 Å². The second-order valence-electron chi connectivity index (χ2n) is 6.47. The Balaban J connectivity index is 1.88. The Hall–Kier alpha value is -2.56. The van der Waals surface area contributed by atoms with Gasteiger partial charge in [-0.2, -0.15) is 0 Å². The van der Waals surface area contributed by atoms with Crippen LogP contribution in [0.3, 0.4) is 0 Å². The van der Waals surface area contributed by atoms with Gasteiger partial charge in [-0.1, -0.05) is 36.4 Å². The molecular weight excluding hydrogens is 300 g/mol. The van der Waals surface area contributed by atoms with Crippen LogP contribution in [-0.4, -0.2) is 26.3 Å². The SMILES string of the molecule is O[C@@H]1c2ccc3cccnc3c2C2c3ncccc3C=CC2[C@H]1O. The maximum atomic E-state index is 10.7. The van der Waals surface area contributed by atoms with Crippen molar-refractivity contribution >= 4 is 17.0 Å². The van der Waals surface area contributed by atoms with E-state index < -0.39 is 12.2 Å². The number of hydrogen-bond donors (Lipinski definition) is 2. The van der Waals surface area contributed by atoms with Crippen molar-refractivity contribution < 1.29 is 10.2 Å². The fourth-order valence-electron chi connectivity index (χ4n) is 4.14. The Morgan fingerprint density at radius 3 is 2.67 bits per heavy atom. The lowest BCUT2D eigenvalue weighted by molar-refractivity contribution is -0.0200. The first-order valence-electron chi connectivity index (χ1n) is 8.12. The number of nitrogens with zero attached hydrogens (tertiary/aromatic N) is 2. The van der Waals surface area contributed by atoms with Crippen LogP contribution in [0.4, 0.5) is 0 Å². The molecule has 1 aromatic carbocycles. The molecule has 2 N–H and O–H groups in total. The van der Waals surface area contributed by atoms with Crippen molar-refractivity contribution in [3.05, 3.63) is 77.3 Å². The molecule has 5 rings (SSSR count). The van der Waals surface area contributed by atoms with E-state index in [4.69, 9.17) is 0 Å². The molecule has 2 heterocycles. The molecule has 2 aliphatic rings. The first kappa shape index (κ1) is 13.8. The number of rotatable bonds is 0. The largest absolute Gasteiger partial charge is 0.389 e. The monoisotopic (exact) mass is 316 g/mol. The summed E-state index contributed by atoms with van der Waals surface area (Å²) in [5.41, 5.74) is 4.61. The lowest BCUT2D eigenvalue weighted by atomic mass is 9.67. The molecule has 0 bridgehead atoms. The zero-order chi connectivity index (χ0) is 16.3. The number of hydrogen-bond acceptors (Lipinski definition) is 4. The van der Waals surface area contributed by atoms with Gasteiger partial charge in [-0.25, -0.2) is 0 Å². The highest BCUT2D eigenvalue weighted by Crippen LogP contribution is 2.50. The summed E-state index contributed by atoms with van der Waals surface area (Å²) in [5.74, 6) is -0.305. The highest BCUT2D eigenvalue weighted by atomic mass is 16.3. The summed E-state index contributed by atoms with van der Waals surface area (Å²) < 4.78 is 0. The zero-order valence-electron chi connectivity index (χ0n) is 12.9. The van der Waals surface area contributed by atoms with Crippen LogP contribution in [0.15, 0.2) is 54.9 Å². The number of benzene rings is 1. The van der Waals surface area contributed by atoms with E-state index >= 15 is 0 Å². The molecule has 2 aromatic heterocycles. The van der Waals surface area contributed by atoms with E-state index in [1.807, 2.05) is 48.6 Å². The van der Waals surface area contributed by atoms with Gasteiger partial charge in [0.15, 0.2) is 0 Å². The first-order valence-corrected chi connectivity index (χ1v) is 8.12. The fourth-order valence-corrected chi connectivity index (χ4v) is 4.14. The van der Waals surface area contributed by atoms with E-state index in [9.17, 15) is 10.2 Å². The van der Waals surface area contributed by atoms with Gasteiger partial charge in [-0.3, -0.25) is 9.97 Å². The molecule has 4 heteroatoms. The summed E-state index contributed by atoms with van der Waals surface area (Å²) in [6, 6.07) is 11.7. The van der Waals surface area contributed by atoms with Gasteiger partial charge in [-0.15, -0.1) is 0 Å². The number of aliphatic hydroxyl groups is 2. The van der Waals surface area contributed by atoms with Crippen molar-refractivity contribution in [1.29, 1.82) is 0 Å². The second kappa shape index (κ2) is 4.97. The standard InChI is InChI=1S/C20H16N2O2/c23-19-13-7-5-11-3-1-9-21-17(11)15(13)16-14(20(19)24)8-6-12-4-2-10-22-18(12)16/h1-10,13,15,19-20,23-24H/t13?,15?,19-,20-/m1/s1. The highest BCUT2D eigenvalue weighted by molar-refractivity contribution is 5.85. The molecule has 24 heavy (non-hydrogen) atoms. The molecule has 0 aliphatic heterocycles. The Labute approximate surface area is 139 Å². The Bertz CT molecular complexity index is 982. The molecule has 3 aromatic rings. The van der Waals surface area contributed by atoms with Gasteiger partial charge in [-0.05, 0) is 28.8 Å². The van der Waals surface area contributed by atoms with Gasteiger partial charge in [0.1, 0.15) is 6.10 Å². The van der Waals surface area contributed by atoms with Gasteiger partial charge >= 0.3 is 0 Å². The molecule has 0 spiro atoms. The maximum absolute atomic E-state index is 10.7. The molecule has 0 amide bonds. The van der Waals surface area contributed by atoms with E-state index in [0.29, 0.717) is 0 Å². The van der Waals surface area contributed by atoms with Crippen LogP contribution in [-0.2, 0) is 0 Å². The first-order chi connectivity index (χ1) is 11.8. The zero-order valence-corrected chi connectivity index (χ0v) is 12.9. The topological polar surface area (TPSA) is 66.2 Å². The Kier molecular flexibility index (Phi) is 2.86. The van der Waals surface area contributed by atoms with Crippen molar-refractivity contribution in [3.63, 3.8) is 0 Å². The maximum Gasteiger partial charge on any atom is 0.106 e. The quantitative estimate of drug-likeness (QED) is 0.669. The Morgan fingerprint density at radius 1 is 0.917 bits per heavy atom. The van der Waals surface area contributed by atoms with Crippen LogP contribution in [0, 0.1) is 5.92 Å². The van der Waals surface area contributed by atoms with Crippen molar-refractivity contribution in [2.75, 3.05) is 0 Å². The molecule has 118 valence electrons. The average Bonchev–Trinajstić information content (AvgIpc) is 2.64. The number of aromatic nitrogens is 2. The molecule has 2 aliphatic carbocycles. The molecule has 0 saturated carbocycles.